The van der Waals surface area contributed by atoms with Gasteiger partial charge in [-0.2, -0.15) is 11.8 Å². The number of nitrogens with zero attached hydrogens (tertiary/aromatic N) is 1. The Morgan fingerprint density at radius 3 is 2.94 bits per heavy atom. The Morgan fingerprint density at radius 2 is 2.28 bits per heavy atom. The molecule has 0 fully saturated rings. The van der Waals surface area contributed by atoms with Crippen molar-refractivity contribution in [1.29, 1.82) is 0 Å². The number of hydrogen-bond donors (Lipinski definition) is 3. The number of hydrogen-bond acceptors (Lipinski definition) is 5. The van der Waals surface area contributed by atoms with Crippen LogP contribution in [0.4, 0.5) is 11.5 Å². The zero-order valence-corrected chi connectivity index (χ0v) is 11.3. The van der Waals surface area contributed by atoms with E-state index in [4.69, 9.17) is 10.8 Å². The maximum atomic E-state index is 10.9. The number of aromatic carboxylic acids is 1. The summed E-state index contributed by atoms with van der Waals surface area (Å²) in [5, 5.41) is 12.0. The van der Waals surface area contributed by atoms with Crippen LogP contribution in [0.15, 0.2) is 12.3 Å². The molecule has 0 saturated heterocycles. The lowest BCUT2D eigenvalue weighted by Crippen LogP contribution is -2.10. The van der Waals surface area contributed by atoms with E-state index in [2.05, 4.69) is 16.6 Å². The first-order valence-electron chi connectivity index (χ1n) is 5.87. The van der Waals surface area contributed by atoms with Crippen LogP contribution in [-0.2, 0) is 0 Å². The van der Waals surface area contributed by atoms with Crippen molar-refractivity contribution in [1.82, 2.24) is 4.98 Å². The average Bonchev–Trinajstić information content (AvgIpc) is 2.35. The van der Waals surface area contributed by atoms with E-state index in [9.17, 15) is 4.79 Å². The van der Waals surface area contributed by atoms with E-state index in [1.807, 2.05) is 11.8 Å². The maximum absolute atomic E-state index is 10.9. The van der Waals surface area contributed by atoms with Gasteiger partial charge in [-0.1, -0.05) is 6.42 Å². The van der Waals surface area contributed by atoms with Crippen molar-refractivity contribution in [2.45, 2.75) is 19.3 Å². The molecule has 1 heterocycles. The Kier molecular flexibility index (Phi) is 6.35. The number of carboxylic acids is 1. The SMILES string of the molecule is CSCCCCCNc1nccc(C(=O)O)c1N. The Balaban J connectivity index is 2.43. The van der Waals surface area contributed by atoms with E-state index in [0.29, 0.717) is 5.82 Å². The fourth-order valence-corrected chi connectivity index (χ4v) is 2.05. The fourth-order valence-electron chi connectivity index (χ4n) is 1.56. The summed E-state index contributed by atoms with van der Waals surface area (Å²) in [6.07, 6.45) is 6.92. The van der Waals surface area contributed by atoms with Gasteiger partial charge in [0.1, 0.15) is 5.82 Å². The molecule has 0 unspecified atom stereocenters. The van der Waals surface area contributed by atoms with Gasteiger partial charge < -0.3 is 16.2 Å². The van der Waals surface area contributed by atoms with Gasteiger partial charge in [-0.15, -0.1) is 0 Å². The predicted molar refractivity (Wildman–Crippen MR) is 76.3 cm³/mol. The number of unbranched alkanes of at least 4 members (excludes halogenated alkanes) is 2. The minimum atomic E-state index is -1.03. The Morgan fingerprint density at radius 1 is 1.50 bits per heavy atom. The summed E-state index contributed by atoms with van der Waals surface area (Å²) in [5.74, 6) is 0.604. The molecule has 0 atom stereocenters. The van der Waals surface area contributed by atoms with Crippen molar-refractivity contribution in [3.63, 3.8) is 0 Å². The summed E-state index contributed by atoms with van der Waals surface area (Å²) in [7, 11) is 0. The summed E-state index contributed by atoms with van der Waals surface area (Å²) in [4.78, 5) is 14.9. The molecule has 5 nitrogen and oxygen atoms in total. The van der Waals surface area contributed by atoms with Crippen molar-refractivity contribution >= 4 is 29.2 Å². The van der Waals surface area contributed by atoms with Crippen LogP contribution in [0.3, 0.4) is 0 Å². The van der Waals surface area contributed by atoms with Crippen LogP contribution in [0.1, 0.15) is 29.6 Å². The minimum absolute atomic E-state index is 0.0925. The van der Waals surface area contributed by atoms with Gasteiger partial charge in [-0.25, -0.2) is 9.78 Å². The monoisotopic (exact) mass is 269 g/mol. The second kappa shape index (κ2) is 7.81. The van der Waals surface area contributed by atoms with E-state index in [1.54, 1.807) is 0 Å². The molecule has 100 valence electrons. The first kappa shape index (κ1) is 14.6. The number of nitrogen functional groups attached to an aromatic ring is 1. The second-order valence-corrected chi connectivity index (χ2v) is 4.89. The number of anilines is 2. The van der Waals surface area contributed by atoms with Crippen LogP contribution in [0, 0.1) is 0 Å². The maximum Gasteiger partial charge on any atom is 0.337 e. The van der Waals surface area contributed by atoms with Crippen LogP contribution in [-0.4, -0.2) is 34.6 Å². The Labute approximate surface area is 111 Å². The molecule has 0 aliphatic heterocycles. The molecule has 1 aromatic rings. The first-order chi connectivity index (χ1) is 8.66. The number of nitrogens with two attached hydrogens (primary N) is 1. The van der Waals surface area contributed by atoms with Crippen LogP contribution in [0.5, 0.6) is 0 Å². The van der Waals surface area contributed by atoms with Crippen molar-refractivity contribution in [3.05, 3.63) is 17.8 Å². The molecular formula is C12H19N3O2S. The average molecular weight is 269 g/mol. The van der Waals surface area contributed by atoms with E-state index in [-0.39, 0.29) is 11.3 Å². The smallest absolute Gasteiger partial charge is 0.337 e. The van der Waals surface area contributed by atoms with Crippen LogP contribution in [0.2, 0.25) is 0 Å². The molecule has 0 radical (unpaired) electrons. The summed E-state index contributed by atoms with van der Waals surface area (Å²) < 4.78 is 0. The van der Waals surface area contributed by atoms with Crippen molar-refractivity contribution in [2.75, 3.05) is 29.6 Å². The Hall–Kier alpha value is -1.43. The molecule has 18 heavy (non-hydrogen) atoms. The molecule has 0 spiro atoms. The molecule has 0 aliphatic carbocycles. The van der Waals surface area contributed by atoms with Gasteiger partial charge in [0.25, 0.3) is 0 Å². The third-order valence-electron chi connectivity index (χ3n) is 2.54. The third kappa shape index (κ3) is 4.44. The third-order valence-corrected chi connectivity index (χ3v) is 3.24. The molecule has 0 aliphatic rings. The predicted octanol–water partition coefficient (Wildman–Crippen LogP) is 2.31. The van der Waals surface area contributed by atoms with Crippen LogP contribution < -0.4 is 11.1 Å². The zero-order valence-electron chi connectivity index (χ0n) is 10.5. The van der Waals surface area contributed by atoms with Crippen LogP contribution in [0.25, 0.3) is 0 Å². The number of rotatable bonds is 8. The highest BCUT2D eigenvalue weighted by Gasteiger charge is 2.11. The molecule has 1 aromatic heterocycles. The lowest BCUT2D eigenvalue weighted by Gasteiger charge is -2.09. The summed E-state index contributed by atoms with van der Waals surface area (Å²) >= 11 is 1.85. The van der Waals surface area contributed by atoms with Gasteiger partial charge in [0.2, 0.25) is 0 Å². The van der Waals surface area contributed by atoms with E-state index in [0.717, 1.165) is 19.4 Å². The lowest BCUT2D eigenvalue weighted by atomic mass is 10.2. The second-order valence-electron chi connectivity index (χ2n) is 3.91. The van der Waals surface area contributed by atoms with Crippen LogP contribution >= 0.6 is 11.8 Å². The van der Waals surface area contributed by atoms with E-state index < -0.39 is 5.97 Å². The topological polar surface area (TPSA) is 88.2 Å². The molecule has 0 amide bonds. The quantitative estimate of drug-likeness (QED) is 0.628. The first-order valence-corrected chi connectivity index (χ1v) is 7.26. The summed E-state index contributed by atoms with van der Waals surface area (Å²) in [5.41, 5.74) is 6.03. The van der Waals surface area contributed by atoms with Gasteiger partial charge in [-0.3, -0.25) is 0 Å². The molecule has 4 N–H and O–H groups in total. The number of carboxylic acid groups (broad SMARTS) is 1. The number of carbonyl (C=O) groups is 1. The highest BCUT2D eigenvalue weighted by molar-refractivity contribution is 7.98. The number of aromatic nitrogens is 1. The molecule has 1 rings (SSSR count). The highest BCUT2D eigenvalue weighted by Crippen LogP contribution is 2.19. The summed E-state index contributed by atoms with van der Waals surface area (Å²) in [6, 6.07) is 1.40. The largest absolute Gasteiger partial charge is 0.478 e. The minimum Gasteiger partial charge on any atom is -0.478 e. The number of nitrogens with one attached hydrogen (secondary N) is 1. The standard InChI is InChI=1S/C12H19N3O2S/c1-18-8-4-2-3-6-14-11-10(13)9(12(16)17)5-7-15-11/h5,7H,2-4,6,8,13H2,1H3,(H,14,15)(H,16,17). The number of pyridine rings is 1. The van der Waals surface area contributed by atoms with Crippen molar-refractivity contribution < 1.29 is 9.90 Å². The summed E-state index contributed by atoms with van der Waals surface area (Å²) in [6.45, 7) is 0.759. The molecular weight excluding hydrogens is 250 g/mol. The number of thioether (sulfide) groups is 1. The van der Waals surface area contributed by atoms with E-state index >= 15 is 0 Å². The Bertz CT molecular complexity index is 399. The van der Waals surface area contributed by atoms with Crippen molar-refractivity contribution in [2.24, 2.45) is 0 Å². The van der Waals surface area contributed by atoms with Gasteiger partial charge >= 0.3 is 5.97 Å². The normalized spacial score (nSPS) is 10.3. The zero-order chi connectivity index (χ0) is 13.4. The van der Waals surface area contributed by atoms with Gasteiger partial charge in [-0.05, 0) is 30.9 Å². The van der Waals surface area contributed by atoms with Gasteiger partial charge in [0.05, 0.1) is 11.3 Å². The molecule has 0 bridgehead atoms. The van der Waals surface area contributed by atoms with E-state index in [1.165, 1.54) is 24.4 Å². The van der Waals surface area contributed by atoms with Gasteiger partial charge in [0.15, 0.2) is 0 Å². The molecule has 0 saturated carbocycles. The highest BCUT2D eigenvalue weighted by atomic mass is 32.2. The lowest BCUT2D eigenvalue weighted by molar-refractivity contribution is 0.0698. The molecule has 6 heteroatoms. The van der Waals surface area contributed by atoms with Crippen molar-refractivity contribution in [3.8, 4) is 0 Å². The fraction of sp³-hybridized carbons (Fsp3) is 0.500. The van der Waals surface area contributed by atoms with Gasteiger partial charge in [0, 0.05) is 12.7 Å². The molecule has 0 aromatic carbocycles.